The molecular weight excluding hydrogens is 286 g/mol. The zero-order valence-corrected chi connectivity index (χ0v) is 12.6. The highest BCUT2D eigenvalue weighted by Crippen LogP contribution is 2.29. The van der Waals surface area contributed by atoms with E-state index < -0.39 is 11.5 Å². The Hall–Kier alpha value is -2.28. The smallest absolute Gasteiger partial charge is 0.355 e. The molecule has 0 saturated carbocycles. The van der Waals surface area contributed by atoms with Crippen LogP contribution in [0, 0.1) is 5.92 Å². The van der Waals surface area contributed by atoms with Gasteiger partial charge in [-0.1, -0.05) is 13.8 Å². The number of aromatic carboxylic acids is 1. The molecule has 0 aromatic carbocycles. The largest absolute Gasteiger partial charge is 0.476 e. The number of carboxylic acid groups (broad SMARTS) is 1. The lowest BCUT2D eigenvalue weighted by Crippen LogP contribution is -2.41. The van der Waals surface area contributed by atoms with E-state index in [2.05, 4.69) is 15.3 Å². The van der Waals surface area contributed by atoms with Gasteiger partial charge in [-0.25, -0.2) is 9.78 Å². The first kappa shape index (κ1) is 14.6. The third kappa shape index (κ3) is 2.09. The SMILES string of the molecule is CC(C)C1(C)N=C(c2cc3c(nc2C(=O)O)COC3)NC1=O. The zero-order valence-electron chi connectivity index (χ0n) is 12.6. The van der Waals surface area contributed by atoms with Gasteiger partial charge in [-0.2, -0.15) is 0 Å². The number of carbonyl (C=O) groups excluding carboxylic acids is 1. The van der Waals surface area contributed by atoms with Gasteiger partial charge < -0.3 is 15.2 Å². The normalized spacial score (nSPS) is 23.5. The molecule has 2 aliphatic rings. The van der Waals surface area contributed by atoms with Crippen molar-refractivity contribution in [2.24, 2.45) is 10.9 Å². The second-order valence-corrected chi connectivity index (χ2v) is 6.01. The zero-order chi connectivity index (χ0) is 16.1. The van der Waals surface area contributed by atoms with E-state index in [1.54, 1.807) is 13.0 Å². The molecule has 0 saturated heterocycles. The van der Waals surface area contributed by atoms with Crippen LogP contribution >= 0.6 is 0 Å². The molecule has 116 valence electrons. The summed E-state index contributed by atoms with van der Waals surface area (Å²) >= 11 is 0. The van der Waals surface area contributed by atoms with Gasteiger partial charge in [0.1, 0.15) is 11.4 Å². The number of carboxylic acids is 1. The standard InChI is InChI=1S/C15H17N3O4/c1-7(2)15(3)14(21)17-12(18-15)9-4-8-5-22-6-10(8)16-11(9)13(19)20/h4,7H,5-6H2,1-3H3,(H,19,20)(H,17,18,21). The lowest BCUT2D eigenvalue weighted by molar-refractivity contribution is -0.124. The number of aromatic nitrogens is 1. The molecule has 3 rings (SSSR count). The van der Waals surface area contributed by atoms with Crippen LogP contribution in [0.15, 0.2) is 11.1 Å². The van der Waals surface area contributed by atoms with E-state index in [4.69, 9.17) is 4.74 Å². The lowest BCUT2D eigenvalue weighted by Gasteiger charge is -2.21. The summed E-state index contributed by atoms with van der Waals surface area (Å²) in [6.07, 6.45) is 0. The Morgan fingerprint density at radius 3 is 2.77 bits per heavy atom. The minimum atomic E-state index is -1.15. The maximum Gasteiger partial charge on any atom is 0.355 e. The minimum Gasteiger partial charge on any atom is -0.476 e. The Bertz CT molecular complexity index is 711. The topological polar surface area (TPSA) is 101 Å². The second kappa shape index (κ2) is 4.88. The molecule has 2 N–H and O–H groups in total. The number of ether oxygens (including phenoxy) is 1. The Balaban J connectivity index is 2.13. The Morgan fingerprint density at radius 2 is 2.18 bits per heavy atom. The molecule has 1 aromatic heterocycles. The highest BCUT2D eigenvalue weighted by atomic mass is 16.5. The third-order valence-corrected chi connectivity index (χ3v) is 4.31. The number of fused-ring (bicyclic) bond motifs is 1. The first-order valence-electron chi connectivity index (χ1n) is 7.08. The third-order valence-electron chi connectivity index (χ3n) is 4.31. The van der Waals surface area contributed by atoms with E-state index in [-0.39, 0.29) is 23.4 Å². The Morgan fingerprint density at radius 1 is 1.45 bits per heavy atom. The number of nitrogens with zero attached hydrogens (tertiary/aromatic N) is 2. The first-order valence-corrected chi connectivity index (χ1v) is 7.08. The van der Waals surface area contributed by atoms with Crippen LogP contribution in [0.25, 0.3) is 0 Å². The van der Waals surface area contributed by atoms with E-state index in [9.17, 15) is 14.7 Å². The van der Waals surface area contributed by atoms with E-state index in [0.717, 1.165) is 5.56 Å². The summed E-state index contributed by atoms with van der Waals surface area (Å²) in [5.74, 6) is -1.13. The summed E-state index contributed by atoms with van der Waals surface area (Å²) in [5, 5.41) is 12.1. The summed E-state index contributed by atoms with van der Waals surface area (Å²) in [7, 11) is 0. The molecule has 1 amide bonds. The number of amides is 1. The fraction of sp³-hybridized carbons (Fsp3) is 0.467. The van der Waals surface area contributed by atoms with E-state index in [1.165, 1.54) is 0 Å². The number of rotatable bonds is 3. The van der Waals surface area contributed by atoms with Crippen LogP contribution < -0.4 is 5.32 Å². The van der Waals surface area contributed by atoms with Crippen molar-refractivity contribution in [1.29, 1.82) is 0 Å². The van der Waals surface area contributed by atoms with E-state index in [0.29, 0.717) is 24.5 Å². The molecule has 7 heteroatoms. The molecule has 0 bridgehead atoms. The average Bonchev–Trinajstić information content (AvgIpc) is 3.02. The van der Waals surface area contributed by atoms with Crippen molar-refractivity contribution < 1.29 is 19.4 Å². The molecule has 1 unspecified atom stereocenters. The molecule has 0 spiro atoms. The maximum absolute atomic E-state index is 12.2. The van der Waals surface area contributed by atoms with Gasteiger partial charge in [0.25, 0.3) is 5.91 Å². The van der Waals surface area contributed by atoms with Crippen molar-refractivity contribution in [2.45, 2.75) is 39.5 Å². The molecule has 0 fully saturated rings. The van der Waals surface area contributed by atoms with Crippen LogP contribution in [0.4, 0.5) is 0 Å². The highest BCUT2D eigenvalue weighted by Gasteiger charge is 2.43. The molecule has 7 nitrogen and oxygen atoms in total. The van der Waals surface area contributed by atoms with Crippen LogP contribution in [-0.4, -0.2) is 33.3 Å². The first-order chi connectivity index (χ1) is 10.3. The Labute approximate surface area is 127 Å². The van der Waals surface area contributed by atoms with Gasteiger partial charge in [0.05, 0.1) is 24.5 Å². The summed E-state index contributed by atoms with van der Waals surface area (Å²) in [5.41, 5.74) is 0.763. The van der Waals surface area contributed by atoms with Crippen LogP contribution in [0.1, 0.15) is 48.1 Å². The lowest BCUT2D eigenvalue weighted by atomic mass is 9.89. The quantitative estimate of drug-likeness (QED) is 0.871. The molecule has 2 aliphatic heterocycles. The van der Waals surface area contributed by atoms with Gasteiger partial charge in [0, 0.05) is 5.56 Å². The number of pyridine rings is 1. The summed E-state index contributed by atoms with van der Waals surface area (Å²) in [4.78, 5) is 32.3. The molecule has 1 aromatic rings. The summed E-state index contributed by atoms with van der Waals surface area (Å²) < 4.78 is 5.28. The van der Waals surface area contributed by atoms with Crippen LogP contribution in [0.3, 0.4) is 0 Å². The maximum atomic E-state index is 12.2. The number of nitrogens with one attached hydrogen (secondary N) is 1. The summed E-state index contributed by atoms with van der Waals surface area (Å²) in [6.45, 7) is 6.23. The predicted molar refractivity (Wildman–Crippen MR) is 77.6 cm³/mol. The molecule has 0 radical (unpaired) electrons. The number of amidine groups is 1. The minimum absolute atomic E-state index is 0.0102. The Kier molecular flexibility index (Phi) is 3.25. The van der Waals surface area contributed by atoms with Crippen molar-refractivity contribution in [3.63, 3.8) is 0 Å². The predicted octanol–water partition coefficient (Wildman–Crippen LogP) is 1.10. The number of carbonyl (C=O) groups is 2. The molecular formula is C15H17N3O4. The van der Waals surface area contributed by atoms with E-state index >= 15 is 0 Å². The van der Waals surface area contributed by atoms with Crippen molar-refractivity contribution in [3.05, 3.63) is 28.6 Å². The van der Waals surface area contributed by atoms with Gasteiger partial charge >= 0.3 is 5.97 Å². The number of hydrogen-bond acceptors (Lipinski definition) is 5. The van der Waals surface area contributed by atoms with Crippen LogP contribution in [0.2, 0.25) is 0 Å². The van der Waals surface area contributed by atoms with Gasteiger partial charge in [-0.3, -0.25) is 9.79 Å². The molecule has 22 heavy (non-hydrogen) atoms. The number of hydrogen-bond donors (Lipinski definition) is 2. The van der Waals surface area contributed by atoms with Crippen LogP contribution in [-0.2, 0) is 22.7 Å². The van der Waals surface area contributed by atoms with Crippen LogP contribution in [0.5, 0.6) is 0 Å². The molecule has 0 aliphatic carbocycles. The highest BCUT2D eigenvalue weighted by molar-refractivity contribution is 6.18. The average molecular weight is 303 g/mol. The number of aliphatic imine (C=N–C) groups is 1. The van der Waals surface area contributed by atoms with Crippen molar-refractivity contribution in [3.8, 4) is 0 Å². The van der Waals surface area contributed by atoms with Crippen molar-refractivity contribution in [2.75, 3.05) is 0 Å². The van der Waals surface area contributed by atoms with Gasteiger partial charge in [0.15, 0.2) is 5.69 Å². The van der Waals surface area contributed by atoms with Gasteiger partial charge in [0.2, 0.25) is 0 Å². The van der Waals surface area contributed by atoms with Crippen molar-refractivity contribution >= 4 is 17.7 Å². The molecule has 3 heterocycles. The fourth-order valence-corrected chi connectivity index (χ4v) is 2.51. The fourth-order valence-electron chi connectivity index (χ4n) is 2.51. The van der Waals surface area contributed by atoms with Crippen molar-refractivity contribution in [1.82, 2.24) is 10.3 Å². The van der Waals surface area contributed by atoms with Gasteiger partial charge in [-0.05, 0) is 18.9 Å². The molecule has 1 atom stereocenters. The van der Waals surface area contributed by atoms with Gasteiger partial charge in [-0.15, -0.1) is 0 Å². The monoisotopic (exact) mass is 303 g/mol. The van der Waals surface area contributed by atoms with E-state index in [1.807, 2.05) is 13.8 Å². The second-order valence-electron chi connectivity index (χ2n) is 6.01. The summed E-state index contributed by atoms with van der Waals surface area (Å²) in [6, 6.07) is 1.70.